The van der Waals surface area contributed by atoms with E-state index in [2.05, 4.69) is 10.1 Å². The van der Waals surface area contributed by atoms with E-state index in [9.17, 15) is 13.2 Å². The van der Waals surface area contributed by atoms with Gasteiger partial charge < -0.3 is 9.63 Å². The van der Waals surface area contributed by atoms with Crippen LogP contribution in [0.15, 0.2) is 33.7 Å². The van der Waals surface area contributed by atoms with Gasteiger partial charge in [0.2, 0.25) is 5.89 Å². The van der Waals surface area contributed by atoms with Crippen molar-refractivity contribution >= 4 is 15.8 Å². The van der Waals surface area contributed by atoms with E-state index in [4.69, 9.17) is 9.63 Å². The van der Waals surface area contributed by atoms with Gasteiger partial charge in [0.1, 0.15) is 5.75 Å². The molecular formula is C13H12N2O5S. The lowest BCUT2D eigenvalue weighted by Gasteiger charge is -2.02. The molecule has 1 heterocycles. The van der Waals surface area contributed by atoms with Crippen molar-refractivity contribution in [3.05, 3.63) is 41.5 Å². The number of aromatic nitrogens is 2. The highest BCUT2D eigenvalue weighted by Gasteiger charge is 2.29. The number of hydrogen-bond donors (Lipinski definition) is 1. The van der Waals surface area contributed by atoms with E-state index in [1.807, 2.05) is 0 Å². The van der Waals surface area contributed by atoms with Gasteiger partial charge in [0.25, 0.3) is 0 Å². The molecule has 1 aromatic heterocycles. The van der Waals surface area contributed by atoms with Crippen molar-refractivity contribution in [3.8, 4) is 0 Å². The zero-order valence-electron chi connectivity index (χ0n) is 10.9. The van der Waals surface area contributed by atoms with Gasteiger partial charge in [-0.2, -0.15) is 4.98 Å². The maximum atomic E-state index is 12.2. The maximum Gasteiger partial charge on any atom is 0.335 e. The second kappa shape index (κ2) is 4.96. The minimum absolute atomic E-state index is 0.0265. The summed E-state index contributed by atoms with van der Waals surface area (Å²) in [6.07, 6.45) is 2.00. The molecule has 0 bridgehead atoms. The van der Waals surface area contributed by atoms with Crippen molar-refractivity contribution in [2.45, 2.75) is 29.4 Å². The SMILES string of the molecule is O=C(O)c1ccc(S(=O)(=O)Cc2nc(C3CC3)no2)cc1. The normalized spacial score (nSPS) is 15.0. The Balaban J connectivity index is 1.80. The summed E-state index contributed by atoms with van der Waals surface area (Å²) in [4.78, 5) is 14.8. The van der Waals surface area contributed by atoms with Crippen molar-refractivity contribution in [2.75, 3.05) is 0 Å². The van der Waals surface area contributed by atoms with E-state index in [0.717, 1.165) is 12.8 Å². The average molecular weight is 308 g/mol. The fourth-order valence-corrected chi connectivity index (χ4v) is 3.04. The highest BCUT2D eigenvalue weighted by atomic mass is 32.2. The Labute approximate surface area is 120 Å². The third-order valence-corrected chi connectivity index (χ3v) is 4.82. The minimum Gasteiger partial charge on any atom is -0.478 e. The Morgan fingerprint density at radius 3 is 2.52 bits per heavy atom. The summed E-state index contributed by atoms with van der Waals surface area (Å²) in [6, 6.07) is 5.02. The first-order valence-corrected chi connectivity index (χ1v) is 7.99. The number of nitrogens with zero attached hydrogens (tertiary/aromatic N) is 2. The Morgan fingerprint density at radius 1 is 1.29 bits per heavy atom. The molecule has 1 fully saturated rings. The van der Waals surface area contributed by atoms with Gasteiger partial charge in [-0.15, -0.1) is 0 Å². The standard InChI is InChI=1S/C13H12N2O5S/c16-13(17)9-3-5-10(6-4-9)21(18,19)7-11-14-12(15-20-11)8-1-2-8/h3-6,8H,1-2,7H2,(H,16,17). The molecule has 8 heteroatoms. The molecule has 1 saturated carbocycles. The number of carbonyl (C=O) groups is 1. The fraction of sp³-hybridized carbons (Fsp3) is 0.308. The van der Waals surface area contributed by atoms with Gasteiger partial charge in [0.05, 0.1) is 10.5 Å². The second-order valence-electron chi connectivity index (χ2n) is 4.91. The third-order valence-electron chi connectivity index (χ3n) is 3.20. The van der Waals surface area contributed by atoms with Crippen molar-refractivity contribution < 1.29 is 22.8 Å². The molecule has 1 N–H and O–H groups in total. The summed E-state index contributed by atoms with van der Waals surface area (Å²) in [6.45, 7) is 0. The summed E-state index contributed by atoms with van der Waals surface area (Å²) in [5.41, 5.74) is 0.0303. The van der Waals surface area contributed by atoms with Crippen LogP contribution < -0.4 is 0 Å². The van der Waals surface area contributed by atoms with Gasteiger partial charge in [-0.3, -0.25) is 0 Å². The summed E-state index contributed by atoms with van der Waals surface area (Å²) in [5, 5.41) is 12.6. The number of hydrogen-bond acceptors (Lipinski definition) is 6. The largest absolute Gasteiger partial charge is 0.478 e. The number of rotatable bonds is 5. The van der Waals surface area contributed by atoms with Gasteiger partial charge in [-0.1, -0.05) is 5.16 Å². The average Bonchev–Trinajstić information content (AvgIpc) is 3.20. The highest BCUT2D eigenvalue weighted by molar-refractivity contribution is 7.90. The molecular weight excluding hydrogens is 296 g/mol. The van der Waals surface area contributed by atoms with Crippen LogP contribution in [-0.2, 0) is 15.6 Å². The Kier molecular flexibility index (Phi) is 3.25. The van der Waals surface area contributed by atoms with Gasteiger partial charge >= 0.3 is 5.97 Å². The zero-order chi connectivity index (χ0) is 15.0. The second-order valence-corrected chi connectivity index (χ2v) is 6.90. The van der Waals surface area contributed by atoms with Crippen LogP contribution in [0.2, 0.25) is 0 Å². The number of carboxylic acids is 1. The molecule has 0 radical (unpaired) electrons. The fourth-order valence-electron chi connectivity index (χ4n) is 1.88. The van der Waals surface area contributed by atoms with Crippen LogP contribution in [0.5, 0.6) is 0 Å². The molecule has 0 saturated heterocycles. The van der Waals surface area contributed by atoms with Crippen LogP contribution >= 0.6 is 0 Å². The van der Waals surface area contributed by atoms with Gasteiger partial charge in [-0.25, -0.2) is 13.2 Å². The first kappa shape index (κ1) is 13.7. The van der Waals surface area contributed by atoms with Crippen LogP contribution in [0.1, 0.15) is 40.8 Å². The molecule has 1 aliphatic rings. The predicted molar refractivity (Wildman–Crippen MR) is 70.6 cm³/mol. The number of carboxylic acid groups (broad SMARTS) is 1. The predicted octanol–water partition coefficient (Wildman–Crippen LogP) is 1.62. The van der Waals surface area contributed by atoms with Crippen molar-refractivity contribution in [2.24, 2.45) is 0 Å². The van der Waals surface area contributed by atoms with E-state index in [-0.39, 0.29) is 22.1 Å². The van der Waals surface area contributed by atoms with Crippen LogP contribution in [0.3, 0.4) is 0 Å². The zero-order valence-corrected chi connectivity index (χ0v) is 11.7. The Bertz CT molecular complexity index is 775. The third kappa shape index (κ3) is 2.94. The quantitative estimate of drug-likeness (QED) is 0.893. The van der Waals surface area contributed by atoms with Crippen molar-refractivity contribution in [1.29, 1.82) is 0 Å². The summed E-state index contributed by atoms with van der Waals surface area (Å²) >= 11 is 0. The smallest absolute Gasteiger partial charge is 0.335 e. The molecule has 0 spiro atoms. The first-order valence-electron chi connectivity index (χ1n) is 6.34. The van der Waals surface area contributed by atoms with E-state index >= 15 is 0 Å². The number of sulfone groups is 1. The molecule has 1 aliphatic carbocycles. The molecule has 3 rings (SSSR count). The lowest BCUT2D eigenvalue weighted by Crippen LogP contribution is -2.06. The first-order chi connectivity index (χ1) is 9.95. The van der Waals surface area contributed by atoms with E-state index in [1.165, 1.54) is 24.3 Å². The molecule has 0 amide bonds. The van der Waals surface area contributed by atoms with E-state index < -0.39 is 15.8 Å². The maximum absolute atomic E-state index is 12.2. The molecule has 1 aromatic carbocycles. The molecule has 7 nitrogen and oxygen atoms in total. The lowest BCUT2D eigenvalue weighted by atomic mass is 10.2. The molecule has 0 aliphatic heterocycles. The number of aromatic carboxylic acids is 1. The van der Waals surface area contributed by atoms with Crippen LogP contribution in [0.25, 0.3) is 0 Å². The van der Waals surface area contributed by atoms with Crippen molar-refractivity contribution in [3.63, 3.8) is 0 Å². The van der Waals surface area contributed by atoms with Crippen LogP contribution in [0.4, 0.5) is 0 Å². The molecule has 0 atom stereocenters. The summed E-state index contributed by atoms with van der Waals surface area (Å²) in [7, 11) is -3.64. The molecule has 21 heavy (non-hydrogen) atoms. The van der Waals surface area contributed by atoms with Crippen molar-refractivity contribution in [1.82, 2.24) is 10.1 Å². The monoisotopic (exact) mass is 308 g/mol. The molecule has 110 valence electrons. The Morgan fingerprint density at radius 2 is 1.95 bits per heavy atom. The van der Waals surface area contributed by atoms with Gasteiger partial charge in [-0.05, 0) is 37.1 Å². The lowest BCUT2D eigenvalue weighted by molar-refractivity contribution is 0.0696. The topological polar surface area (TPSA) is 110 Å². The Hall–Kier alpha value is -2.22. The minimum atomic E-state index is -3.64. The van der Waals surface area contributed by atoms with Crippen LogP contribution in [0, 0.1) is 0 Å². The summed E-state index contributed by atoms with van der Waals surface area (Å²) < 4.78 is 29.4. The van der Waals surface area contributed by atoms with Gasteiger partial charge in [0, 0.05) is 5.92 Å². The van der Waals surface area contributed by atoms with Crippen LogP contribution in [-0.4, -0.2) is 29.6 Å². The van der Waals surface area contributed by atoms with E-state index in [0.29, 0.717) is 11.7 Å². The van der Waals surface area contributed by atoms with Gasteiger partial charge in [0.15, 0.2) is 15.7 Å². The van der Waals surface area contributed by atoms with E-state index in [1.54, 1.807) is 0 Å². The molecule has 0 unspecified atom stereocenters. The number of benzene rings is 1. The summed E-state index contributed by atoms with van der Waals surface area (Å²) in [5.74, 6) is -0.593. The molecule has 2 aromatic rings. The highest BCUT2D eigenvalue weighted by Crippen LogP contribution is 2.38.